The highest BCUT2D eigenvalue weighted by molar-refractivity contribution is 9.09. The molecule has 1 nitrogen and oxygen atoms in total. The molecule has 0 saturated carbocycles. The van der Waals surface area contributed by atoms with Crippen molar-refractivity contribution >= 4 is 15.9 Å². The van der Waals surface area contributed by atoms with Gasteiger partial charge in [-0.3, -0.25) is 0 Å². The minimum Gasteiger partial charge on any atom is -0.237 e. The number of alkyl halides is 1. The average Bonchev–Trinajstić information content (AvgIpc) is 2.17. The van der Waals surface area contributed by atoms with Gasteiger partial charge < -0.3 is 0 Å². The van der Waals surface area contributed by atoms with Crippen molar-refractivity contribution in [3.05, 3.63) is 0 Å². The van der Waals surface area contributed by atoms with Crippen LogP contribution in [0, 0.1) is 0 Å². The molecule has 85 valence electrons. The molecule has 0 spiro atoms. The molecule has 0 fully saturated rings. The summed E-state index contributed by atoms with van der Waals surface area (Å²) in [6.07, 6.45) is 11.5. The van der Waals surface area contributed by atoms with Gasteiger partial charge >= 0.3 is 0 Å². The molecule has 0 heterocycles. The quantitative estimate of drug-likeness (QED) is 0.402. The fourth-order valence-electron chi connectivity index (χ4n) is 1.60. The topological polar surface area (TPSA) is 19.9 Å². The van der Waals surface area contributed by atoms with Crippen molar-refractivity contribution in [1.82, 2.24) is 0 Å². The highest BCUT2D eigenvalue weighted by Crippen LogP contribution is 2.15. The number of hydrogen-bond donors (Lipinski definition) is 0. The van der Waals surface area contributed by atoms with Crippen LogP contribution in [0.15, 0.2) is 0 Å². The molecule has 2 heteroatoms. The molecule has 0 aromatic heterocycles. The molecule has 14 heavy (non-hydrogen) atoms. The van der Waals surface area contributed by atoms with E-state index in [0.29, 0.717) is 4.83 Å². The number of hydrogen-bond acceptors (Lipinski definition) is 0. The Morgan fingerprint density at radius 3 is 2.07 bits per heavy atom. The van der Waals surface area contributed by atoms with Gasteiger partial charge in [0.1, 0.15) is 0 Å². The smallest absolute Gasteiger partial charge is 0.0833 e. The van der Waals surface area contributed by atoms with Crippen LogP contribution in [0.25, 0.3) is 0 Å². The van der Waals surface area contributed by atoms with Crippen molar-refractivity contribution < 1.29 is 5.11 Å². The summed E-state index contributed by atoms with van der Waals surface area (Å²) < 4.78 is 0. The molecule has 0 amide bonds. The maximum absolute atomic E-state index is 10.3. The van der Waals surface area contributed by atoms with Gasteiger partial charge in [0.15, 0.2) is 0 Å². The lowest BCUT2D eigenvalue weighted by atomic mass is 10.1. The van der Waals surface area contributed by atoms with Crippen LogP contribution in [-0.2, 0) is 5.11 Å². The highest BCUT2D eigenvalue weighted by Gasteiger charge is 2.02. The summed E-state index contributed by atoms with van der Waals surface area (Å²) in [5, 5.41) is 10.3. The lowest BCUT2D eigenvalue weighted by Crippen LogP contribution is -1.99. The van der Waals surface area contributed by atoms with E-state index in [1.165, 1.54) is 51.4 Å². The third-order valence-electron chi connectivity index (χ3n) is 2.55. The third kappa shape index (κ3) is 10.5. The molecule has 0 aliphatic heterocycles. The van der Waals surface area contributed by atoms with E-state index in [2.05, 4.69) is 22.9 Å². The summed E-state index contributed by atoms with van der Waals surface area (Å²) in [7, 11) is 0. The molecule has 0 aliphatic rings. The SMILES string of the molecule is CCCCCCCCCC(Br)CC[O]. The average molecular weight is 264 g/mol. The second-order valence-corrected chi connectivity index (χ2v) is 5.30. The molecule has 1 atom stereocenters. The summed E-state index contributed by atoms with van der Waals surface area (Å²) in [5.74, 6) is 0. The summed E-state index contributed by atoms with van der Waals surface area (Å²) in [6.45, 7) is 2.31. The summed E-state index contributed by atoms with van der Waals surface area (Å²) in [6, 6.07) is 0. The van der Waals surface area contributed by atoms with E-state index in [4.69, 9.17) is 0 Å². The zero-order valence-corrected chi connectivity index (χ0v) is 11.0. The predicted molar refractivity (Wildman–Crippen MR) is 65.5 cm³/mol. The van der Waals surface area contributed by atoms with Gasteiger partial charge in [0.05, 0.1) is 6.61 Å². The molecular formula is C12H24BrO. The van der Waals surface area contributed by atoms with E-state index in [-0.39, 0.29) is 6.61 Å². The molecule has 0 N–H and O–H groups in total. The minimum absolute atomic E-state index is 0.0619. The predicted octanol–water partition coefficient (Wildman–Crippen LogP) is 4.71. The van der Waals surface area contributed by atoms with Gasteiger partial charge in [-0.25, -0.2) is 5.11 Å². The molecule has 0 aromatic rings. The zero-order chi connectivity index (χ0) is 10.6. The number of unbranched alkanes of at least 4 members (excludes halogenated alkanes) is 6. The van der Waals surface area contributed by atoms with Gasteiger partial charge in [-0.2, -0.15) is 0 Å². The normalized spacial score (nSPS) is 13.1. The molecule has 0 rings (SSSR count). The first-order valence-corrected chi connectivity index (χ1v) is 6.95. The molecule has 0 aliphatic carbocycles. The largest absolute Gasteiger partial charge is 0.237 e. The van der Waals surface area contributed by atoms with E-state index >= 15 is 0 Å². The van der Waals surface area contributed by atoms with E-state index in [0.717, 1.165) is 6.42 Å². The zero-order valence-electron chi connectivity index (χ0n) is 9.43. The van der Waals surface area contributed by atoms with Crippen LogP contribution in [0.1, 0.15) is 64.7 Å². The molecular weight excluding hydrogens is 240 g/mol. The molecule has 1 radical (unpaired) electrons. The van der Waals surface area contributed by atoms with Gasteiger partial charge in [0.25, 0.3) is 0 Å². The number of halogens is 1. The van der Waals surface area contributed by atoms with Crippen molar-refractivity contribution in [3.8, 4) is 0 Å². The van der Waals surface area contributed by atoms with Crippen molar-refractivity contribution in [2.45, 2.75) is 69.5 Å². The Morgan fingerprint density at radius 2 is 1.50 bits per heavy atom. The van der Waals surface area contributed by atoms with Gasteiger partial charge in [0.2, 0.25) is 0 Å². The van der Waals surface area contributed by atoms with E-state index in [1.807, 2.05) is 0 Å². The summed E-state index contributed by atoms with van der Waals surface area (Å²) >= 11 is 3.53. The van der Waals surface area contributed by atoms with Gasteiger partial charge in [-0.1, -0.05) is 67.8 Å². The van der Waals surface area contributed by atoms with Crippen molar-refractivity contribution in [2.75, 3.05) is 6.61 Å². The van der Waals surface area contributed by atoms with Crippen LogP contribution in [0.3, 0.4) is 0 Å². The highest BCUT2D eigenvalue weighted by atomic mass is 79.9. The molecule has 0 aromatic carbocycles. The van der Waals surface area contributed by atoms with Crippen LogP contribution < -0.4 is 0 Å². The standard InChI is InChI=1S/C12H24BrO/c1-2-3-4-5-6-7-8-9-12(13)10-11-14/h12H,2-11H2,1H3. The third-order valence-corrected chi connectivity index (χ3v) is 3.47. The van der Waals surface area contributed by atoms with Crippen molar-refractivity contribution in [2.24, 2.45) is 0 Å². The van der Waals surface area contributed by atoms with Gasteiger partial charge in [-0.15, -0.1) is 0 Å². The Balaban J connectivity index is 2.98. The number of rotatable bonds is 10. The summed E-state index contributed by atoms with van der Waals surface area (Å²) in [5.41, 5.74) is 0. The Hall–Kier alpha value is 0.440. The second kappa shape index (κ2) is 11.5. The van der Waals surface area contributed by atoms with E-state index < -0.39 is 0 Å². The Morgan fingerprint density at radius 1 is 0.929 bits per heavy atom. The van der Waals surface area contributed by atoms with Gasteiger partial charge in [-0.05, 0) is 12.8 Å². The fraction of sp³-hybridized carbons (Fsp3) is 1.00. The maximum Gasteiger partial charge on any atom is 0.0833 e. The van der Waals surface area contributed by atoms with E-state index in [9.17, 15) is 5.11 Å². The lowest BCUT2D eigenvalue weighted by molar-refractivity contribution is 0.188. The summed E-state index contributed by atoms with van der Waals surface area (Å²) in [4.78, 5) is 0.468. The fourth-order valence-corrected chi connectivity index (χ4v) is 2.11. The van der Waals surface area contributed by atoms with Crippen LogP contribution in [-0.4, -0.2) is 11.4 Å². The first kappa shape index (κ1) is 14.4. The molecule has 1 unspecified atom stereocenters. The molecule has 0 saturated heterocycles. The van der Waals surface area contributed by atoms with Crippen molar-refractivity contribution in [3.63, 3.8) is 0 Å². The molecule has 0 bridgehead atoms. The van der Waals surface area contributed by atoms with Gasteiger partial charge in [0, 0.05) is 4.83 Å². The van der Waals surface area contributed by atoms with Crippen LogP contribution in [0.4, 0.5) is 0 Å². The lowest BCUT2D eigenvalue weighted by Gasteiger charge is -2.06. The Bertz CT molecular complexity index is 106. The van der Waals surface area contributed by atoms with Crippen LogP contribution in [0.5, 0.6) is 0 Å². The van der Waals surface area contributed by atoms with Crippen molar-refractivity contribution in [1.29, 1.82) is 0 Å². The minimum atomic E-state index is 0.0619. The maximum atomic E-state index is 10.3. The first-order valence-electron chi connectivity index (χ1n) is 6.03. The van der Waals surface area contributed by atoms with E-state index in [1.54, 1.807) is 0 Å². The van der Waals surface area contributed by atoms with Crippen LogP contribution in [0.2, 0.25) is 0 Å². The van der Waals surface area contributed by atoms with Crippen LogP contribution >= 0.6 is 15.9 Å². The Kier molecular flexibility index (Phi) is 11.9. The second-order valence-electron chi connectivity index (χ2n) is 4.00. The monoisotopic (exact) mass is 263 g/mol. The first-order chi connectivity index (χ1) is 6.81. The Labute approximate surface area is 97.4 Å².